The zero-order chi connectivity index (χ0) is 12.4. The SMILES string of the molecule is N#Cc1ncn(-c2c(F)cccc2C(=O)O)n1. The third-order valence-corrected chi connectivity index (χ3v) is 2.04. The molecule has 7 heteroatoms. The Balaban J connectivity index is 2.66. The third-order valence-electron chi connectivity index (χ3n) is 2.04. The zero-order valence-electron chi connectivity index (χ0n) is 8.33. The Labute approximate surface area is 94.6 Å². The lowest BCUT2D eigenvalue weighted by Crippen LogP contribution is -2.08. The van der Waals surface area contributed by atoms with Gasteiger partial charge in [-0.15, -0.1) is 5.10 Å². The number of halogens is 1. The number of hydrogen-bond acceptors (Lipinski definition) is 4. The average Bonchev–Trinajstić information content (AvgIpc) is 2.76. The van der Waals surface area contributed by atoms with Gasteiger partial charge in [-0.1, -0.05) is 6.07 Å². The maximum atomic E-state index is 13.6. The smallest absolute Gasteiger partial charge is 0.338 e. The number of para-hydroxylation sites is 1. The molecule has 6 nitrogen and oxygen atoms in total. The van der Waals surface area contributed by atoms with Crippen molar-refractivity contribution < 1.29 is 14.3 Å². The van der Waals surface area contributed by atoms with Crippen molar-refractivity contribution in [2.24, 2.45) is 0 Å². The van der Waals surface area contributed by atoms with Gasteiger partial charge < -0.3 is 5.11 Å². The first-order chi connectivity index (χ1) is 8.13. The van der Waals surface area contributed by atoms with Gasteiger partial charge in [-0.25, -0.2) is 18.9 Å². The summed E-state index contributed by atoms with van der Waals surface area (Å²) in [6.45, 7) is 0. The number of benzene rings is 1. The quantitative estimate of drug-likeness (QED) is 0.833. The van der Waals surface area contributed by atoms with Crippen LogP contribution in [0, 0.1) is 17.1 Å². The van der Waals surface area contributed by atoms with Gasteiger partial charge in [0.2, 0.25) is 0 Å². The van der Waals surface area contributed by atoms with Crippen LogP contribution >= 0.6 is 0 Å². The fourth-order valence-electron chi connectivity index (χ4n) is 1.34. The van der Waals surface area contributed by atoms with Gasteiger partial charge in [0, 0.05) is 0 Å². The van der Waals surface area contributed by atoms with Crippen LogP contribution < -0.4 is 0 Å². The van der Waals surface area contributed by atoms with Crippen LogP contribution in [0.5, 0.6) is 0 Å². The molecule has 0 aliphatic carbocycles. The number of rotatable bonds is 2. The fourth-order valence-corrected chi connectivity index (χ4v) is 1.34. The van der Waals surface area contributed by atoms with Gasteiger partial charge in [0.25, 0.3) is 5.82 Å². The third kappa shape index (κ3) is 1.83. The largest absolute Gasteiger partial charge is 0.478 e. The van der Waals surface area contributed by atoms with Crippen molar-refractivity contribution in [3.05, 3.63) is 41.7 Å². The van der Waals surface area contributed by atoms with Crippen LogP contribution in [0.15, 0.2) is 24.5 Å². The molecular formula is C10H5FN4O2. The highest BCUT2D eigenvalue weighted by atomic mass is 19.1. The predicted molar refractivity (Wildman–Crippen MR) is 53.0 cm³/mol. The van der Waals surface area contributed by atoms with Crippen LogP contribution in [0.4, 0.5) is 4.39 Å². The van der Waals surface area contributed by atoms with E-state index in [4.69, 9.17) is 10.4 Å². The molecule has 0 aliphatic rings. The molecule has 1 aromatic heterocycles. The molecule has 0 atom stereocenters. The van der Waals surface area contributed by atoms with Crippen molar-refractivity contribution in [1.82, 2.24) is 14.8 Å². The Morgan fingerprint density at radius 2 is 2.29 bits per heavy atom. The molecule has 1 heterocycles. The summed E-state index contributed by atoms with van der Waals surface area (Å²) in [5.41, 5.74) is -0.492. The maximum Gasteiger partial charge on any atom is 0.338 e. The highest BCUT2D eigenvalue weighted by Gasteiger charge is 2.17. The minimum atomic E-state index is -1.28. The molecule has 84 valence electrons. The molecule has 0 aliphatic heterocycles. The standard InChI is InChI=1S/C10H5FN4O2/c11-7-3-1-2-6(10(16)17)9(7)15-5-13-8(4-12)14-15/h1-3,5H,(H,16,17). The number of nitrogens with zero attached hydrogens (tertiary/aromatic N) is 4. The van der Waals surface area contributed by atoms with Crippen LogP contribution in [-0.2, 0) is 0 Å². The van der Waals surface area contributed by atoms with Crippen LogP contribution in [0.2, 0.25) is 0 Å². The van der Waals surface area contributed by atoms with E-state index in [1.54, 1.807) is 6.07 Å². The molecular weight excluding hydrogens is 227 g/mol. The van der Waals surface area contributed by atoms with E-state index in [9.17, 15) is 9.18 Å². The first-order valence-electron chi connectivity index (χ1n) is 4.47. The van der Waals surface area contributed by atoms with E-state index in [1.165, 1.54) is 12.1 Å². The Kier molecular flexibility index (Phi) is 2.54. The number of aromatic nitrogens is 3. The lowest BCUT2D eigenvalue weighted by atomic mass is 10.1. The van der Waals surface area contributed by atoms with Gasteiger partial charge in [-0.05, 0) is 12.1 Å². The highest BCUT2D eigenvalue weighted by molar-refractivity contribution is 5.91. The summed E-state index contributed by atoms with van der Waals surface area (Å²) < 4.78 is 14.5. The van der Waals surface area contributed by atoms with Crippen molar-refractivity contribution in [2.75, 3.05) is 0 Å². The van der Waals surface area contributed by atoms with E-state index in [1.807, 2.05) is 0 Å². The Hall–Kier alpha value is -2.75. The molecule has 2 aromatic rings. The summed E-state index contributed by atoms with van der Waals surface area (Å²) in [6.07, 6.45) is 1.09. The van der Waals surface area contributed by atoms with Crippen molar-refractivity contribution in [3.8, 4) is 11.8 Å². The maximum absolute atomic E-state index is 13.6. The van der Waals surface area contributed by atoms with Crippen LogP contribution in [-0.4, -0.2) is 25.8 Å². The molecule has 0 spiro atoms. The number of carboxylic acids is 1. The summed E-state index contributed by atoms with van der Waals surface area (Å²) in [5.74, 6) is -2.20. The Bertz CT molecular complexity index is 629. The van der Waals surface area contributed by atoms with E-state index in [-0.39, 0.29) is 17.1 Å². The number of carbonyl (C=O) groups is 1. The van der Waals surface area contributed by atoms with Crippen LogP contribution in [0.25, 0.3) is 5.69 Å². The molecule has 0 amide bonds. The number of nitriles is 1. The zero-order valence-corrected chi connectivity index (χ0v) is 8.33. The summed E-state index contributed by atoms with van der Waals surface area (Å²) in [5, 5.41) is 21.1. The lowest BCUT2D eigenvalue weighted by Gasteiger charge is -2.05. The second kappa shape index (κ2) is 4.02. The molecule has 1 aromatic carbocycles. The first-order valence-corrected chi connectivity index (χ1v) is 4.47. The molecule has 17 heavy (non-hydrogen) atoms. The van der Waals surface area contributed by atoms with Gasteiger partial charge in [0.15, 0.2) is 0 Å². The van der Waals surface area contributed by atoms with Gasteiger partial charge in [0.05, 0.1) is 5.56 Å². The second-order valence-electron chi connectivity index (χ2n) is 3.07. The molecule has 0 saturated carbocycles. The van der Waals surface area contributed by atoms with E-state index in [2.05, 4.69) is 10.1 Å². The van der Waals surface area contributed by atoms with E-state index >= 15 is 0 Å². The minimum Gasteiger partial charge on any atom is -0.478 e. The summed E-state index contributed by atoms with van der Waals surface area (Å²) in [7, 11) is 0. The first kappa shape index (κ1) is 10.8. The van der Waals surface area contributed by atoms with Crippen molar-refractivity contribution >= 4 is 5.97 Å². The fraction of sp³-hybridized carbons (Fsp3) is 0. The normalized spacial score (nSPS) is 9.88. The van der Waals surface area contributed by atoms with Crippen LogP contribution in [0.3, 0.4) is 0 Å². The molecule has 0 saturated heterocycles. The molecule has 0 bridgehead atoms. The molecule has 1 N–H and O–H groups in total. The molecule has 0 radical (unpaired) electrons. The number of carboxylic acid groups (broad SMARTS) is 1. The Morgan fingerprint density at radius 3 is 2.88 bits per heavy atom. The van der Waals surface area contributed by atoms with Gasteiger partial charge in [-0.3, -0.25) is 0 Å². The second-order valence-corrected chi connectivity index (χ2v) is 3.07. The van der Waals surface area contributed by atoms with Crippen LogP contribution in [0.1, 0.15) is 16.2 Å². The molecule has 2 rings (SSSR count). The average molecular weight is 232 g/mol. The van der Waals surface area contributed by atoms with Gasteiger partial charge in [-0.2, -0.15) is 5.26 Å². The summed E-state index contributed by atoms with van der Waals surface area (Å²) >= 11 is 0. The lowest BCUT2D eigenvalue weighted by molar-refractivity contribution is 0.0696. The molecule has 0 fully saturated rings. The van der Waals surface area contributed by atoms with Gasteiger partial charge >= 0.3 is 5.97 Å². The highest BCUT2D eigenvalue weighted by Crippen LogP contribution is 2.17. The van der Waals surface area contributed by atoms with E-state index in [0.29, 0.717) is 0 Å². The Morgan fingerprint density at radius 1 is 1.53 bits per heavy atom. The number of hydrogen-bond donors (Lipinski definition) is 1. The minimum absolute atomic E-state index is 0.162. The summed E-state index contributed by atoms with van der Waals surface area (Å²) in [4.78, 5) is 14.5. The predicted octanol–water partition coefficient (Wildman–Crippen LogP) is 0.976. The van der Waals surface area contributed by atoms with Gasteiger partial charge in [0.1, 0.15) is 23.9 Å². The van der Waals surface area contributed by atoms with E-state index in [0.717, 1.165) is 17.1 Å². The monoisotopic (exact) mass is 232 g/mol. The van der Waals surface area contributed by atoms with E-state index < -0.39 is 11.8 Å². The summed E-state index contributed by atoms with van der Waals surface area (Å²) in [6, 6.07) is 5.31. The van der Waals surface area contributed by atoms with Crippen molar-refractivity contribution in [3.63, 3.8) is 0 Å². The number of aromatic carboxylic acids is 1. The van der Waals surface area contributed by atoms with Crippen molar-refractivity contribution in [2.45, 2.75) is 0 Å². The topological polar surface area (TPSA) is 91.8 Å². The van der Waals surface area contributed by atoms with Crippen molar-refractivity contribution in [1.29, 1.82) is 5.26 Å². The molecule has 0 unspecified atom stereocenters.